The fourth-order valence-corrected chi connectivity index (χ4v) is 2.81. The molecule has 9 N–H and O–H groups in total. The Labute approximate surface area is 144 Å². The van der Waals surface area contributed by atoms with Crippen LogP contribution in [-0.2, 0) is 0 Å². The molecule has 0 aliphatic heterocycles. The van der Waals surface area contributed by atoms with Crippen LogP contribution in [0.1, 0.15) is 77.0 Å². The van der Waals surface area contributed by atoms with Crippen LogP contribution in [0.3, 0.4) is 0 Å². The van der Waals surface area contributed by atoms with Gasteiger partial charge in [-0.1, -0.05) is 38.5 Å². The van der Waals surface area contributed by atoms with Crippen molar-refractivity contribution in [3.05, 3.63) is 0 Å². The van der Waals surface area contributed by atoms with Gasteiger partial charge in [-0.25, -0.2) is 0 Å². The zero-order chi connectivity index (χ0) is 17.2. The highest BCUT2D eigenvalue weighted by Gasteiger charge is 2.16. The molecule has 2 atom stereocenters. The summed E-state index contributed by atoms with van der Waals surface area (Å²) in [5.74, 6) is 0. The maximum atomic E-state index is 5.65. The van der Waals surface area contributed by atoms with E-state index in [1.165, 1.54) is 77.3 Å². The predicted octanol–water partition coefficient (Wildman–Crippen LogP) is 1.83. The molecule has 0 heterocycles. The normalized spacial score (nSPS) is 20.9. The quantitative estimate of drug-likeness (QED) is 0.350. The first-order chi connectivity index (χ1) is 11.2. The van der Waals surface area contributed by atoms with Crippen molar-refractivity contribution >= 4 is 0 Å². The van der Waals surface area contributed by atoms with Crippen molar-refractivity contribution in [2.45, 2.75) is 89.1 Å². The standard InChI is InChI=1S/C12H29N3.C6H14N2/c13-9-5-1-3-7-11-15-12-8-4-2-6-10-14;7-5-3-1-2-4-6(5)8/h15H,1-14H2;5-6H,1-4,7-8H2. The van der Waals surface area contributed by atoms with Gasteiger partial charge in [0, 0.05) is 12.1 Å². The molecule has 0 aromatic carbocycles. The first-order valence-electron chi connectivity index (χ1n) is 9.84. The van der Waals surface area contributed by atoms with Gasteiger partial charge < -0.3 is 28.3 Å². The second-order valence-corrected chi connectivity index (χ2v) is 6.77. The SMILES string of the molecule is NC1CCCCC1N.NCCCCCCNCCCCCCN. The Bertz CT molecular complexity index is 203. The van der Waals surface area contributed by atoms with Gasteiger partial charge in [0.25, 0.3) is 0 Å². The van der Waals surface area contributed by atoms with Gasteiger partial charge in [0.15, 0.2) is 0 Å². The zero-order valence-corrected chi connectivity index (χ0v) is 15.3. The molecule has 0 saturated heterocycles. The lowest BCUT2D eigenvalue weighted by atomic mass is 9.92. The minimum atomic E-state index is 0.281. The van der Waals surface area contributed by atoms with Crippen LogP contribution in [0.4, 0.5) is 0 Å². The molecule has 23 heavy (non-hydrogen) atoms. The number of hydrogen-bond acceptors (Lipinski definition) is 5. The Kier molecular flexibility index (Phi) is 18.0. The van der Waals surface area contributed by atoms with Crippen LogP contribution < -0.4 is 28.3 Å². The number of nitrogens with two attached hydrogens (primary N) is 4. The van der Waals surface area contributed by atoms with E-state index in [1.54, 1.807) is 0 Å². The second-order valence-electron chi connectivity index (χ2n) is 6.77. The van der Waals surface area contributed by atoms with Gasteiger partial charge in [0.2, 0.25) is 0 Å². The van der Waals surface area contributed by atoms with Crippen molar-refractivity contribution in [2.24, 2.45) is 22.9 Å². The second kappa shape index (κ2) is 18.1. The molecule has 0 spiro atoms. The molecule has 5 nitrogen and oxygen atoms in total. The third-order valence-electron chi connectivity index (χ3n) is 4.49. The fraction of sp³-hybridized carbons (Fsp3) is 1.00. The molecule has 0 aromatic rings. The largest absolute Gasteiger partial charge is 0.330 e. The van der Waals surface area contributed by atoms with E-state index in [1.807, 2.05) is 0 Å². The summed E-state index contributed by atoms with van der Waals surface area (Å²) in [6, 6.07) is 0.562. The zero-order valence-electron chi connectivity index (χ0n) is 15.3. The van der Waals surface area contributed by atoms with Crippen LogP contribution >= 0.6 is 0 Å². The van der Waals surface area contributed by atoms with Crippen molar-refractivity contribution in [3.8, 4) is 0 Å². The van der Waals surface area contributed by atoms with Crippen molar-refractivity contribution in [1.82, 2.24) is 5.32 Å². The maximum absolute atomic E-state index is 5.65. The molecular formula is C18H43N5. The number of nitrogens with one attached hydrogen (secondary N) is 1. The smallest absolute Gasteiger partial charge is 0.0192 e. The lowest BCUT2D eigenvalue weighted by Gasteiger charge is -2.24. The molecule has 140 valence electrons. The summed E-state index contributed by atoms with van der Waals surface area (Å²) in [6.07, 6.45) is 15.0. The molecule has 1 rings (SSSR count). The van der Waals surface area contributed by atoms with Crippen LogP contribution in [0.5, 0.6) is 0 Å². The number of hydrogen-bond donors (Lipinski definition) is 5. The summed E-state index contributed by atoms with van der Waals surface area (Å²) in [7, 11) is 0. The van der Waals surface area contributed by atoms with Gasteiger partial charge >= 0.3 is 0 Å². The Balaban J connectivity index is 0.000000502. The van der Waals surface area contributed by atoms with E-state index in [0.29, 0.717) is 0 Å². The Morgan fingerprint density at radius 3 is 1.35 bits per heavy atom. The molecule has 1 aliphatic rings. The maximum Gasteiger partial charge on any atom is 0.0192 e. The summed E-state index contributed by atoms with van der Waals surface area (Å²) in [5.41, 5.74) is 22.2. The summed E-state index contributed by atoms with van der Waals surface area (Å²) in [6.45, 7) is 4.02. The molecule has 0 bridgehead atoms. The molecule has 1 saturated carbocycles. The van der Waals surface area contributed by atoms with Crippen LogP contribution in [0.25, 0.3) is 0 Å². The van der Waals surface area contributed by atoms with Crippen molar-refractivity contribution < 1.29 is 0 Å². The molecule has 5 heteroatoms. The van der Waals surface area contributed by atoms with E-state index >= 15 is 0 Å². The molecule has 0 amide bonds. The highest BCUT2D eigenvalue weighted by atomic mass is 14.8. The average Bonchev–Trinajstić information content (AvgIpc) is 2.56. The summed E-state index contributed by atoms with van der Waals surface area (Å²) in [5, 5.41) is 3.48. The topological polar surface area (TPSA) is 116 Å². The van der Waals surface area contributed by atoms with E-state index in [-0.39, 0.29) is 12.1 Å². The third-order valence-corrected chi connectivity index (χ3v) is 4.49. The summed E-state index contributed by atoms with van der Waals surface area (Å²) in [4.78, 5) is 0. The van der Waals surface area contributed by atoms with Crippen LogP contribution in [0.2, 0.25) is 0 Å². The minimum Gasteiger partial charge on any atom is -0.330 e. The highest BCUT2D eigenvalue weighted by molar-refractivity contribution is 4.79. The lowest BCUT2D eigenvalue weighted by Crippen LogP contribution is -2.43. The first-order valence-corrected chi connectivity index (χ1v) is 9.84. The van der Waals surface area contributed by atoms with E-state index in [2.05, 4.69) is 5.32 Å². The minimum absolute atomic E-state index is 0.281. The van der Waals surface area contributed by atoms with E-state index in [4.69, 9.17) is 22.9 Å². The Hall–Kier alpha value is -0.200. The van der Waals surface area contributed by atoms with Crippen LogP contribution in [-0.4, -0.2) is 38.3 Å². The van der Waals surface area contributed by atoms with Gasteiger partial charge in [-0.15, -0.1) is 0 Å². The van der Waals surface area contributed by atoms with Gasteiger partial charge in [0.05, 0.1) is 0 Å². The van der Waals surface area contributed by atoms with Gasteiger partial charge in [-0.2, -0.15) is 0 Å². The van der Waals surface area contributed by atoms with E-state index in [9.17, 15) is 0 Å². The van der Waals surface area contributed by atoms with Gasteiger partial charge in [0.1, 0.15) is 0 Å². The summed E-state index contributed by atoms with van der Waals surface area (Å²) >= 11 is 0. The first kappa shape index (κ1) is 22.8. The highest BCUT2D eigenvalue weighted by Crippen LogP contribution is 2.14. The summed E-state index contributed by atoms with van der Waals surface area (Å²) < 4.78 is 0. The van der Waals surface area contributed by atoms with Crippen LogP contribution in [0, 0.1) is 0 Å². The third kappa shape index (κ3) is 16.4. The van der Waals surface area contributed by atoms with Crippen molar-refractivity contribution in [2.75, 3.05) is 26.2 Å². The number of rotatable bonds is 12. The molecular weight excluding hydrogens is 286 g/mol. The lowest BCUT2D eigenvalue weighted by molar-refractivity contribution is 0.385. The monoisotopic (exact) mass is 329 g/mol. The number of unbranched alkanes of at least 4 members (excludes halogenated alkanes) is 6. The van der Waals surface area contributed by atoms with Gasteiger partial charge in [-0.05, 0) is 64.7 Å². The van der Waals surface area contributed by atoms with Crippen molar-refractivity contribution in [1.29, 1.82) is 0 Å². The Morgan fingerprint density at radius 1 is 0.609 bits per heavy atom. The average molecular weight is 330 g/mol. The van der Waals surface area contributed by atoms with Gasteiger partial charge in [-0.3, -0.25) is 0 Å². The Morgan fingerprint density at radius 2 is 1.00 bits per heavy atom. The molecule has 1 fully saturated rings. The van der Waals surface area contributed by atoms with Crippen LogP contribution in [0.15, 0.2) is 0 Å². The van der Waals surface area contributed by atoms with E-state index < -0.39 is 0 Å². The van der Waals surface area contributed by atoms with E-state index in [0.717, 1.165) is 25.9 Å². The molecule has 2 unspecified atom stereocenters. The molecule has 0 aromatic heterocycles. The predicted molar refractivity (Wildman–Crippen MR) is 102 cm³/mol. The molecule has 0 radical (unpaired) electrons. The molecule has 1 aliphatic carbocycles. The fourth-order valence-electron chi connectivity index (χ4n) is 2.81. The van der Waals surface area contributed by atoms with Crippen molar-refractivity contribution in [3.63, 3.8) is 0 Å².